The van der Waals surface area contributed by atoms with Crippen molar-refractivity contribution in [2.75, 3.05) is 13.2 Å². The zero-order valence-corrected chi connectivity index (χ0v) is 18.5. The van der Waals surface area contributed by atoms with Gasteiger partial charge in [0.2, 0.25) is 0 Å². The van der Waals surface area contributed by atoms with E-state index in [1.807, 2.05) is 36.4 Å². The second-order valence-corrected chi connectivity index (χ2v) is 8.30. The summed E-state index contributed by atoms with van der Waals surface area (Å²) in [5.41, 5.74) is 3.74. The predicted molar refractivity (Wildman–Crippen MR) is 130 cm³/mol. The van der Waals surface area contributed by atoms with Gasteiger partial charge in [0.1, 0.15) is 17.8 Å². The molecule has 0 aromatic heterocycles. The van der Waals surface area contributed by atoms with Crippen molar-refractivity contribution in [1.82, 2.24) is 0 Å². The molecule has 0 saturated carbocycles. The molecule has 3 heteroatoms. The first kappa shape index (κ1) is 21.6. The van der Waals surface area contributed by atoms with E-state index < -0.39 is 5.60 Å². The lowest BCUT2D eigenvalue weighted by atomic mass is 9.80. The number of benzene rings is 4. The van der Waals surface area contributed by atoms with Crippen molar-refractivity contribution in [3.8, 4) is 0 Å². The van der Waals surface area contributed by atoms with Gasteiger partial charge in [-0.3, -0.25) is 0 Å². The van der Waals surface area contributed by atoms with Gasteiger partial charge in [0.25, 0.3) is 0 Å². The molecule has 1 aliphatic rings. The van der Waals surface area contributed by atoms with Crippen LogP contribution in [0.1, 0.15) is 22.3 Å². The van der Waals surface area contributed by atoms with Gasteiger partial charge < -0.3 is 14.2 Å². The van der Waals surface area contributed by atoms with E-state index in [0.717, 1.165) is 16.7 Å². The first-order chi connectivity index (χ1) is 16.4. The van der Waals surface area contributed by atoms with Gasteiger partial charge in [-0.05, 0) is 22.3 Å². The third-order valence-electron chi connectivity index (χ3n) is 6.09. The molecule has 0 bridgehead atoms. The van der Waals surface area contributed by atoms with E-state index in [-0.39, 0.29) is 12.2 Å². The van der Waals surface area contributed by atoms with Crippen molar-refractivity contribution >= 4 is 0 Å². The Labute approximate surface area is 195 Å². The van der Waals surface area contributed by atoms with Gasteiger partial charge in [0.05, 0.1) is 19.8 Å². The molecule has 4 aromatic rings. The van der Waals surface area contributed by atoms with Crippen LogP contribution in [0.3, 0.4) is 0 Å². The highest BCUT2D eigenvalue weighted by molar-refractivity contribution is 5.47. The normalized spacial score (nSPS) is 17.6. The van der Waals surface area contributed by atoms with Gasteiger partial charge >= 0.3 is 0 Å². The number of hydrogen-bond donors (Lipinski definition) is 0. The Morgan fingerprint density at radius 2 is 0.970 bits per heavy atom. The summed E-state index contributed by atoms with van der Waals surface area (Å²) in [6.45, 7) is 1.65. The lowest BCUT2D eigenvalue weighted by molar-refractivity contribution is 0.00421. The summed E-state index contributed by atoms with van der Waals surface area (Å²) < 4.78 is 18.6. The highest BCUT2D eigenvalue weighted by atomic mass is 16.6. The van der Waals surface area contributed by atoms with Crippen LogP contribution in [-0.4, -0.2) is 25.4 Å². The van der Waals surface area contributed by atoms with Gasteiger partial charge in [-0.25, -0.2) is 0 Å². The highest BCUT2D eigenvalue weighted by Crippen LogP contribution is 2.41. The molecule has 2 atom stereocenters. The predicted octanol–water partition coefficient (Wildman–Crippen LogP) is 5.98. The van der Waals surface area contributed by atoms with Crippen molar-refractivity contribution < 1.29 is 14.2 Å². The number of epoxide rings is 1. The van der Waals surface area contributed by atoms with Crippen molar-refractivity contribution in [1.29, 1.82) is 0 Å². The largest absolute Gasteiger partial charge is 0.374 e. The quantitative estimate of drug-likeness (QED) is 0.226. The molecule has 1 aliphatic heterocycles. The van der Waals surface area contributed by atoms with Crippen LogP contribution in [0.4, 0.5) is 0 Å². The maximum absolute atomic E-state index is 6.83. The smallest absolute Gasteiger partial charge is 0.143 e. The van der Waals surface area contributed by atoms with Crippen LogP contribution >= 0.6 is 0 Å². The summed E-state index contributed by atoms with van der Waals surface area (Å²) in [4.78, 5) is 0. The molecule has 33 heavy (non-hydrogen) atoms. The zero-order chi connectivity index (χ0) is 22.3. The molecule has 4 aromatic carbocycles. The standard InChI is InChI=1S/C30H28O3/c1-5-13-24(14-6-1)21-31-22-28-29(33-28)23-32-30(25-15-7-2-8-16-25,26-17-9-3-10-18-26)27-19-11-4-12-20-27/h1-20,28-29H,21-23H2/t28-,29-/m1/s1. The lowest BCUT2D eigenvalue weighted by Crippen LogP contribution is -2.34. The molecule has 0 amide bonds. The van der Waals surface area contributed by atoms with E-state index in [2.05, 4.69) is 84.9 Å². The van der Waals surface area contributed by atoms with Crippen LogP contribution in [0.5, 0.6) is 0 Å². The van der Waals surface area contributed by atoms with Crippen LogP contribution < -0.4 is 0 Å². The molecule has 1 saturated heterocycles. The monoisotopic (exact) mass is 436 g/mol. The Morgan fingerprint density at radius 3 is 1.45 bits per heavy atom. The van der Waals surface area contributed by atoms with Crippen molar-refractivity contribution in [2.24, 2.45) is 0 Å². The first-order valence-corrected chi connectivity index (χ1v) is 11.4. The molecule has 0 aliphatic carbocycles. The number of hydrogen-bond acceptors (Lipinski definition) is 3. The van der Waals surface area contributed by atoms with Crippen LogP contribution in [0.15, 0.2) is 121 Å². The topological polar surface area (TPSA) is 31.0 Å². The first-order valence-electron chi connectivity index (χ1n) is 11.4. The molecule has 0 N–H and O–H groups in total. The summed E-state index contributed by atoms with van der Waals surface area (Å²) in [7, 11) is 0. The molecular formula is C30H28O3. The lowest BCUT2D eigenvalue weighted by Gasteiger charge is -2.35. The Bertz CT molecular complexity index is 1020. The third kappa shape index (κ3) is 4.91. The third-order valence-corrected chi connectivity index (χ3v) is 6.09. The van der Waals surface area contributed by atoms with E-state index in [4.69, 9.17) is 14.2 Å². The fourth-order valence-electron chi connectivity index (χ4n) is 4.32. The van der Waals surface area contributed by atoms with E-state index in [1.165, 1.54) is 5.56 Å². The number of rotatable bonds is 10. The summed E-state index contributed by atoms with van der Waals surface area (Å²) in [6, 6.07) is 41.5. The number of ether oxygens (including phenoxy) is 3. The summed E-state index contributed by atoms with van der Waals surface area (Å²) in [5.74, 6) is 0. The Kier molecular flexibility index (Phi) is 6.63. The molecule has 3 nitrogen and oxygen atoms in total. The van der Waals surface area contributed by atoms with E-state index in [0.29, 0.717) is 19.8 Å². The maximum atomic E-state index is 6.83. The second-order valence-electron chi connectivity index (χ2n) is 8.30. The average Bonchev–Trinajstić information content (AvgIpc) is 3.65. The van der Waals surface area contributed by atoms with Crippen molar-refractivity contribution in [3.05, 3.63) is 144 Å². The van der Waals surface area contributed by atoms with Crippen molar-refractivity contribution in [3.63, 3.8) is 0 Å². The minimum Gasteiger partial charge on any atom is -0.374 e. The molecule has 0 radical (unpaired) electrons. The zero-order valence-electron chi connectivity index (χ0n) is 18.5. The van der Waals surface area contributed by atoms with Crippen LogP contribution in [-0.2, 0) is 26.4 Å². The maximum Gasteiger partial charge on any atom is 0.143 e. The van der Waals surface area contributed by atoms with Gasteiger partial charge in [-0.1, -0.05) is 121 Å². The molecule has 0 spiro atoms. The Balaban J connectivity index is 1.34. The Hall–Kier alpha value is -3.24. The minimum atomic E-state index is -0.717. The van der Waals surface area contributed by atoms with Crippen LogP contribution in [0, 0.1) is 0 Å². The molecule has 0 unspecified atom stereocenters. The van der Waals surface area contributed by atoms with Crippen molar-refractivity contribution in [2.45, 2.75) is 24.4 Å². The summed E-state index contributed by atoms with van der Waals surface area (Å²) in [5, 5.41) is 0. The Morgan fingerprint density at radius 1 is 0.545 bits per heavy atom. The molecular weight excluding hydrogens is 408 g/mol. The minimum absolute atomic E-state index is 0.0243. The van der Waals surface area contributed by atoms with E-state index in [1.54, 1.807) is 0 Å². The average molecular weight is 437 g/mol. The summed E-state index contributed by atoms with van der Waals surface area (Å²) in [6.07, 6.45) is 0.0880. The molecule has 1 heterocycles. The SMILES string of the molecule is c1ccc(COC[C@H]2O[C@@H]2COC(c2ccccc2)(c2ccccc2)c2ccccc2)cc1. The van der Waals surface area contributed by atoms with Gasteiger partial charge in [0.15, 0.2) is 0 Å². The fraction of sp³-hybridized carbons (Fsp3) is 0.200. The second kappa shape index (κ2) is 10.1. The van der Waals surface area contributed by atoms with Gasteiger partial charge in [-0.15, -0.1) is 0 Å². The van der Waals surface area contributed by atoms with E-state index >= 15 is 0 Å². The molecule has 5 rings (SSSR count). The molecule has 166 valence electrons. The molecule has 1 fully saturated rings. The van der Waals surface area contributed by atoms with Gasteiger partial charge in [0, 0.05) is 0 Å². The highest BCUT2D eigenvalue weighted by Gasteiger charge is 2.44. The fourth-order valence-corrected chi connectivity index (χ4v) is 4.32. The van der Waals surface area contributed by atoms with Gasteiger partial charge in [-0.2, -0.15) is 0 Å². The summed E-state index contributed by atoms with van der Waals surface area (Å²) >= 11 is 0. The van der Waals surface area contributed by atoms with Crippen LogP contribution in [0.25, 0.3) is 0 Å². The van der Waals surface area contributed by atoms with Crippen LogP contribution in [0.2, 0.25) is 0 Å². The van der Waals surface area contributed by atoms with E-state index in [9.17, 15) is 0 Å².